The van der Waals surface area contributed by atoms with E-state index in [4.69, 9.17) is 28.9 Å². The van der Waals surface area contributed by atoms with E-state index in [0.717, 1.165) is 157 Å². The van der Waals surface area contributed by atoms with Gasteiger partial charge in [0.1, 0.15) is 48.4 Å². The van der Waals surface area contributed by atoms with Gasteiger partial charge in [-0.15, -0.1) is 0 Å². The largest absolute Gasteiger partial charge is 0.488 e. The Hall–Kier alpha value is -6.32. The van der Waals surface area contributed by atoms with Crippen LogP contribution in [0.1, 0.15) is 96.6 Å². The predicted molar refractivity (Wildman–Crippen MR) is 255 cm³/mol. The standard InChI is InChI=1S/C54H58N8O6/c63-53(49(35-11-3-1-4-12-35)59-17-9-23-65-25-21-59)61-19-7-15-43(61)51-55-31-41(57-51)37-27-39-33-68-46-30-38(28-40-34-67-45(29-37)47(39)48(40)46)42-32-56-52(58-42)44-16-8-20-62(44)54(64)50(36-13-5-2-6-14-36)60-18-10-24-66-26-22-60/h1-6,11-14,27-32,43-44,49-50H,7-10,15-26,33-34H2,(H,55,57)(H,56,58)/t43-,44-,49?,50?/m0/s1. The number of benzene rings is 4. The van der Waals surface area contributed by atoms with Gasteiger partial charge in [0.15, 0.2) is 0 Å². The van der Waals surface area contributed by atoms with Crippen molar-refractivity contribution in [1.29, 1.82) is 0 Å². The van der Waals surface area contributed by atoms with Gasteiger partial charge in [0.05, 0.1) is 49.1 Å². The maximum Gasteiger partial charge on any atom is 0.245 e. The van der Waals surface area contributed by atoms with Crippen molar-refractivity contribution in [3.63, 3.8) is 0 Å². The molecule has 0 spiro atoms. The van der Waals surface area contributed by atoms with E-state index in [1.807, 2.05) is 58.6 Å². The zero-order chi connectivity index (χ0) is 45.6. The summed E-state index contributed by atoms with van der Waals surface area (Å²) in [5.74, 6) is 3.48. The van der Waals surface area contributed by atoms with E-state index < -0.39 is 0 Å². The number of amides is 2. The van der Waals surface area contributed by atoms with Crippen LogP contribution in [0.15, 0.2) is 97.3 Å². The Morgan fingerprint density at radius 2 is 1.00 bits per heavy atom. The molecule has 4 saturated heterocycles. The molecule has 350 valence electrons. The molecular formula is C54H58N8O6. The summed E-state index contributed by atoms with van der Waals surface area (Å²) in [5, 5.41) is 0. The van der Waals surface area contributed by atoms with Crippen LogP contribution in [0.4, 0.5) is 0 Å². The van der Waals surface area contributed by atoms with Crippen LogP contribution in [0.5, 0.6) is 11.5 Å². The van der Waals surface area contributed by atoms with E-state index in [1.54, 1.807) is 0 Å². The SMILES string of the molecule is O=C(C(c1ccccc1)N1CCCOCC1)N1CCC[C@H]1c1ncc(-c2cc3c4c(c2)OCc2cc(-c5cnc([C@@H]6CCCN6C(=O)C(c6ccccc6)N6CCCOCC6)[nH]5)cc(c2-4)OC3)[nH]1. The number of likely N-dealkylation sites (tertiary alicyclic amines) is 2. The number of nitrogens with one attached hydrogen (secondary N) is 2. The maximum atomic E-state index is 14.6. The zero-order valence-electron chi connectivity index (χ0n) is 38.4. The van der Waals surface area contributed by atoms with Crippen molar-refractivity contribution < 1.29 is 28.5 Å². The molecule has 8 heterocycles. The first-order chi connectivity index (χ1) is 33.6. The second-order valence-corrected chi connectivity index (χ2v) is 19.0. The molecule has 14 heteroatoms. The van der Waals surface area contributed by atoms with Crippen LogP contribution in [0.2, 0.25) is 0 Å². The van der Waals surface area contributed by atoms with Gasteiger partial charge in [-0.3, -0.25) is 19.4 Å². The van der Waals surface area contributed by atoms with Crippen molar-refractivity contribution in [2.24, 2.45) is 0 Å². The number of ether oxygens (including phenoxy) is 4. The van der Waals surface area contributed by atoms with Crippen LogP contribution in [0.3, 0.4) is 0 Å². The van der Waals surface area contributed by atoms with Crippen molar-refractivity contribution in [2.75, 3.05) is 65.7 Å². The average molecular weight is 915 g/mol. The van der Waals surface area contributed by atoms with E-state index in [-0.39, 0.29) is 36.0 Å². The molecule has 6 aliphatic heterocycles. The van der Waals surface area contributed by atoms with Crippen molar-refractivity contribution in [3.05, 3.63) is 131 Å². The minimum atomic E-state index is -0.371. The van der Waals surface area contributed by atoms with Gasteiger partial charge in [0, 0.05) is 85.9 Å². The van der Waals surface area contributed by atoms with Crippen LogP contribution < -0.4 is 9.47 Å². The van der Waals surface area contributed by atoms with E-state index in [9.17, 15) is 9.59 Å². The molecule has 14 nitrogen and oxygen atoms in total. The molecule has 2 N–H and O–H groups in total. The topological polar surface area (TPSA) is 141 Å². The van der Waals surface area contributed by atoms with Gasteiger partial charge in [0.2, 0.25) is 11.8 Å². The van der Waals surface area contributed by atoms with Gasteiger partial charge < -0.3 is 38.7 Å². The highest BCUT2D eigenvalue weighted by Gasteiger charge is 2.41. The van der Waals surface area contributed by atoms with E-state index in [2.05, 4.69) is 68.3 Å². The molecule has 0 aliphatic carbocycles. The minimum absolute atomic E-state index is 0.118. The molecule has 2 amide bonds. The van der Waals surface area contributed by atoms with Gasteiger partial charge >= 0.3 is 0 Å². The number of carbonyl (C=O) groups is 2. The highest BCUT2D eigenvalue weighted by molar-refractivity contribution is 5.89. The lowest BCUT2D eigenvalue weighted by molar-refractivity contribution is -0.139. The number of hydrogen-bond donors (Lipinski definition) is 2. The summed E-state index contributed by atoms with van der Waals surface area (Å²) in [6.45, 7) is 7.91. The number of rotatable bonds is 10. The monoisotopic (exact) mass is 914 g/mol. The summed E-state index contributed by atoms with van der Waals surface area (Å²) >= 11 is 0. The third-order valence-electron chi connectivity index (χ3n) is 14.8. The molecule has 0 bridgehead atoms. The predicted octanol–water partition coefficient (Wildman–Crippen LogP) is 8.17. The minimum Gasteiger partial charge on any atom is -0.488 e. The Bertz CT molecular complexity index is 2540. The molecule has 12 rings (SSSR count). The number of imidazole rings is 2. The molecule has 4 aromatic carbocycles. The fourth-order valence-electron chi connectivity index (χ4n) is 11.6. The lowest BCUT2D eigenvalue weighted by Gasteiger charge is -2.34. The Morgan fingerprint density at radius 1 is 0.544 bits per heavy atom. The van der Waals surface area contributed by atoms with Gasteiger partial charge in [-0.25, -0.2) is 9.97 Å². The Balaban J connectivity index is 0.778. The molecule has 0 radical (unpaired) electrons. The second kappa shape index (κ2) is 18.6. The van der Waals surface area contributed by atoms with Crippen LogP contribution in [-0.4, -0.2) is 117 Å². The molecular weight excluding hydrogens is 857 g/mol. The second-order valence-electron chi connectivity index (χ2n) is 19.0. The van der Waals surface area contributed by atoms with Crippen molar-refractivity contribution in [3.8, 4) is 45.1 Å². The summed E-state index contributed by atoms with van der Waals surface area (Å²) in [7, 11) is 0. The third-order valence-corrected chi connectivity index (χ3v) is 14.8. The number of aromatic nitrogens is 4. The summed E-state index contributed by atoms with van der Waals surface area (Å²) in [5.41, 5.74) is 9.95. The van der Waals surface area contributed by atoms with Crippen molar-refractivity contribution in [1.82, 2.24) is 39.5 Å². The molecule has 6 aromatic rings. The van der Waals surface area contributed by atoms with Crippen molar-refractivity contribution >= 4 is 11.8 Å². The fraction of sp³-hybridized carbons (Fsp3) is 0.407. The molecule has 68 heavy (non-hydrogen) atoms. The van der Waals surface area contributed by atoms with Crippen LogP contribution in [0.25, 0.3) is 33.6 Å². The van der Waals surface area contributed by atoms with Crippen LogP contribution in [0, 0.1) is 0 Å². The first-order valence-electron chi connectivity index (χ1n) is 24.6. The number of hydrogen-bond acceptors (Lipinski definition) is 10. The molecule has 2 aromatic heterocycles. The highest BCUT2D eigenvalue weighted by Crippen LogP contribution is 2.51. The van der Waals surface area contributed by atoms with Gasteiger partial charge in [-0.05, 0) is 73.9 Å². The van der Waals surface area contributed by atoms with Crippen LogP contribution >= 0.6 is 0 Å². The Labute approximate surface area is 396 Å². The van der Waals surface area contributed by atoms with Gasteiger partial charge in [-0.2, -0.15) is 0 Å². The fourth-order valence-corrected chi connectivity index (χ4v) is 11.6. The summed E-state index contributed by atoms with van der Waals surface area (Å²) < 4.78 is 24.7. The highest BCUT2D eigenvalue weighted by atomic mass is 16.5. The number of aromatic amines is 2. The summed E-state index contributed by atoms with van der Waals surface area (Å²) in [6, 6.07) is 27.9. The first kappa shape index (κ1) is 43.0. The lowest BCUT2D eigenvalue weighted by Crippen LogP contribution is -2.44. The normalized spacial score (nSPS) is 21.6. The molecule has 0 saturated carbocycles. The average Bonchev–Trinajstić information content (AvgIpc) is 4.20. The number of carbonyl (C=O) groups excluding carboxylic acids is 2. The van der Waals surface area contributed by atoms with Crippen LogP contribution in [-0.2, 0) is 32.3 Å². The third kappa shape index (κ3) is 8.06. The smallest absolute Gasteiger partial charge is 0.245 e. The van der Waals surface area contributed by atoms with E-state index in [0.29, 0.717) is 39.5 Å². The molecule has 4 atom stereocenters. The summed E-state index contributed by atoms with van der Waals surface area (Å²) in [4.78, 5) is 55.0. The maximum absolute atomic E-state index is 14.6. The molecule has 6 aliphatic rings. The lowest BCUT2D eigenvalue weighted by atomic mass is 9.87. The van der Waals surface area contributed by atoms with E-state index >= 15 is 0 Å². The van der Waals surface area contributed by atoms with Gasteiger partial charge in [-0.1, -0.05) is 60.7 Å². The number of H-pyrrole nitrogens is 2. The Kier molecular flexibility index (Phi) is 11.8. The molecule has 2 unspecified atom stereocenters. The van der Waals surface area contributed by atoms with E-state index in [1.165, 1.54) is 0 Å². The number of nitrogens with zero attached hydrogens (tertiary/aromatic N) is 6. The first-order valence-corrected chi connectivity index (χ1v) is 24.6. The Morgan fingerprint density at radius 3 is 1.46 bits per heavy atom. The van der Waals surface area contributed by atoms with Crippen molar-refractivity contribution in [2.45, 2.75) is 75.9 Å². The van der Waals surface area contributed by atoms with Gasteiger partial charge in [0.25, 0.3) is 0 Å². The molecule has 4 fully saturated rings. The quantitative estimate of drug-likeness (QED) is 0.138. The summed E-state index contributed by atoms with van der Waals surface area (Å²) in [6.07, 6.45) is 9.10. The zero-order valence-corrected chi connectivity index (χ0v) is 38.4.